The number of nitrogens with zero attached hydrogens (tertiary/aromatic N) is 1. The van der Waals surface area contributed by atoms with E-state index in [0.29, 0.717) is 26.1 Å². The fourth-order valence-electron chi connectivity index (χ4n) is 2.64. The van der Waals surface area contributed by atoms with Crippen LogP contribution >= 0.6 is 0 Å². The molecule has 22 heavy (non-hydrogen) atoms. The molecule has 5 nitrogen and oxygen atoms in total. The molecule has 1 aliphatic rings. The summed E-state index contributed by atoms with van der Waals surface area (Å²) < 4.78 is 0. The lowest BCUT2D eigenvalue weighted by molar-refractivity contribution is -0.121. The van der Waals surface area contributed by atoms with Crippen molar-refractivity contribution in [3.63, 3.8) is 0 Å². The van der Waals surface area contributed by atoms with E-state index >= 15 is 0 Å². The molecule has 1 aromatic carbocycles. The van der Waals surface area contributed by atoms with Crippen LogP contribution in [0.3, 0.4) is 0 Å². The van der Waals surface area contributed by atoms with Crippen LogP contribution in [0, 0.1) is 6.92 Å². The zero-order valence-electron chi connectivity index (χ0n) is 13.4. The van der Waals surface area contributed by atoms with E-state index in [-0.39, 0.29) is 17.9 Å². The summed E-state index contributed by atoms with van der Waals surface area (Å²) in [6.07, 6.45) is 2.14. The van der Waals surface area contributed by atoms with Gasteiger partial charge in [0.05, 0.1) is 0 Å². The minimum atomic E-state index is 0.0812. The van der Waals surface area contributed by atoms with Crippen LogP contribution in [0.15, 0.2) is 24.3 Å². The number of carbonyl (C=O) groups is 2. The van der Waals surface area contributed by atoms with Gasteiger partial charge >= 0.3 is 0 Å². The Balaban J connectivity index is 1.80. The van der Waals surface area contributed by atoms with Crippen molar-refractivity contribution < 1.29 is 9.59 Å². The van der Waals surface area contributed by atoms with Crippen LogP contribution in [0.2, 0.25) is 0 Å². The molecular weight excluding hydrogens is 278 g/mol. The SMILES string of the molecule is CNCCC(=O)NC1CCN(C(=O)c2ccc(C)cc2)CC1. The summed E-state index contributed by atoms with van der Waals surface area (Å²) in [4.78, 5) is 26.0. The van der Waals surface area contributed by atoms with Gasteiger partial charge in [-0.05, 0) is 38.9 Å². The minimum absolute atomic E-state index is 0.0812. The van der Waals surface area contributed by atoms with Gasteiger partial charge in [0, 0.05) is 37.7 Å². The van der Waals surface area contributed by atoms with Crippen molar-refractivity contribution in [2.45, 2.75) is 32.2 Å². The van der Waals surface area contributed by atoms with Gasteiger partial charge in [-0.15, -0.1) is 0 Å². The Morgan fingerprint density at radius 3 is 2.41 bits per heavy atom. The topological polar surface area (TPSA) is 61.4 Å². The molecule has 0 bridgehead atoms. The predicted octanol–water partition coefficient (Wildman–Crippen LogP) is 1.33. The van der Waals surface area contributed by atoms with E-state index < -0.39 is 0 Å². The Morgan fingerprint density at radius 2 is 1.82 bits per heavy atom. The summed E-state index contributed by atoms with van der Waals surface area (Å²) >= 11 is 0. The number of hydrogen-bond donors (Lipinski definition) is 2. The predicted molar refractivity (Wildman–Crippen MR) is 86.8 cm³/mol. The first-order chi connectivity index (χ1) is 10.6. The zero-order valence-corrected chi connectivity index (χ0v) is 13.4. The molecule has 1 aliphatic heterocycles. The van der Waals surface area contributed by atoms with Gasteiger partial charge in [0.2, 0.25) is 5.91 Å². The van der Waals surface area contributed by atoms with Crippen molar-refractivity contribution in [2.24, 2.45) is 0 Å². The Labute approximate surface area is 132 Å². The van der Waals surface area contributed by atoms with Crippen LogP contribution < -0.4 is 10.6 Å². The number of aryl methyl sites for hydroxylation is 1. The Hall–Kier alpha value is -1.88. The molecule has 2 N–H and O–H groups in total. The van der Waals surface area contributed by atoms with Crippen LogP contribution in [-0.4, -0.2) is 49.4 Å². The maximum Gasteiger partial charge on any atom is 0.253 e. The molecule has 2 rings (SSSR count). The van der Waals surface area contributed by atoms with E-state index in [4.69, 9.17) is 0 Å². The smallest absolute Gasteiger partial charge is 0.253 e. The van der Waals surface area contributed by atoms with Crippen LogP contribution in [0.5, 0.6) is 0 Å². The van der Waals surface area contributed by atoms with Gasteiger partial charge in [0.25, 0.3) is 5.91 Å². The highest BCUT2D eigenvalue weighted by Gasteiger charge is 2.24. The molecule has 1 fully saturated rings. The zero-order chi connectivity index (χ0) is 15.9. The number of amides is 2. The molecule has 0 aliphatic carbocycles. The quantitative estimate of drug-likeness (QED) is 0.862. The third kappa shape index (κ3) is 4.56. The molecule has 1 aromatic rings. The molecule has 0 aromatic heterocycles. The van der Waals surface area contributed by atoms with Crippen molar-refractivity contribution in [3.05, 3.63) is 35.4 Å². The van der Waals surface area contributed by atoms with Gasteiger partial charge in [-0.2, -0.15) is 0 Å². The molecule has 0 saturated carbocycles. The van der Waals surface area contributed by atoms with Crippen molar-refractivity contribution in [1.29, 1.82) is 0 Å². The van der Waals surface area contributed by atoms with E-state index in [2.05, 4.69) is 10.6 Å². The second kappa shape index (κ2) is 7.94. The first kappa shape index (κ1) is 16.5. The number of piperidine rings is 1. The monoisotopic (exact) mass is 303 g/mol. The number of nitrogens with one attached hydrogen (secondary N) is 2. The molecule has 0 atom stereocenters. The second-order valence-electron chi connectivity index (χ2n) is 5.85. The molecule has 2 amide bonds. The lowest BCUT2D eigenvalue weighted by Crippen LogP contribution is -2.46. The van der Waals surface area contributed by atoms with E-state index in [1.54, 1.807) is 0 Å². The van der Waals surface area contributed by atoms with Crippen LogP contribution in [0.1, 0.15) is 35.2 Å². The van der Waals surface area contributed by atoms with Gasteiger partial charge < -0.3 is 15.5 Å². The largest absolute Gasteiger partial charge is 0.353 e. The van der Waals surface area contributed by atoms with Crippen molar-refractivity contribution >= 4 is 11.8 Å². The molecular formula is C17H25N3O2. The summed E-state index contributed by atoms with van der Waals surface area (Å²) in [5, 5.41) is 6.01. The Bertz CT molecular complexity index is 505. The summed E-state index contributed by atoms with van der Waals surface area (Å²) in [5.41, 5.74) is 1.89. The van der Waals surface area contributed by atoms with Gasteiger partial charge in [0.15, 0.2) is 0 Å². The fourth-order valence-corrected chi connectivity index (χ4v) is 2.64. The molecule has 0 radical (unpaired) electrons. The second-order valence-corrected chi connectivity index (χ2v) is 5.85. The average Bonchev–Trinajstić information content (AvgIpc) is 2.54. The van der Waals surface area contributed by atoms with Crippen molar-refractivity contribution in [1.82, 2.24) is 15.5 Å². The van der Waals surface area contributed by atoms with E-state index in [0.717, 1.165) is 24.0 Å². The van der Waals surface area contributed by atoms with Gasteiger partial charge in [-0.3, -0.25) is 9.59 Å². The summed E-state index contributed by atoms with van der Waals surface area (Å²) in [6.45, 7) is 4.10. The number of benzene rings is 1. The van der Waals surface area contributed by atoms with Crippen LogP contribution in [-0.2, 0) is 4.79 Å². The van der Waals surface area contributed by atoms with Crippen LogP contribution in [0.25, 0.3) is 0 Å². The summed E-state index contributed by atoms with van der Waals surface area (Å²) in [5.74, 6) is 0.164. The Morgan fingerprint density at radius 1 is 1.18 bits per heavy atom. The minimum Gasteiger partial charge on any atom is -0.353 e. The van der Waals surface area contributed by atoms with Crippen LogP contribution in [0.4, 0.5) is 0 Å². The number of hydrogen-bond acceptors (Lipinski definition) is 3. The molecule has 0 unspecified atom stereocenters. The molecule has 5 heteroatoms. The maximum absolute atomic E-state index is 12.4. The number of likely N-dealkylation sites (tertiary alicyclic amines) is 1. The molecule has 1 heterocycles. The molecule has 1 saturated heterocycles. The Kier molecular flexibility index (Phi) is 5.95. The summed E-state index contributed by atoms with van der Waals surface area (Å²) in [6, 6.07) is 7.86. The first-order valence-corrected chi connectivity index (χ1v) is 7.90. The highest BCUT2D eigenvalue weighted by molar-refractivity contribution is 5.94. The van der Waals surface area contributed by atoms with Gasteiger partial charge in [-0.25, -0.2) is 0 Å². The molecule has 0 spiro atoms. The van der Waals surface area contributed by atoms with Crippen molar-refractivity contribution in [2.75, 3.05) is 26.7 Å². The highest BCUT2D eigenvalue weighted by Crippen LogP contribution is 2.14. The standard InChI is InChI=1S/C17H25N3O2/c1-13-3-5-14(6-4-13)17(22)20-11-8-15(9-12-20)19-16(21)7-10-18-2/h3-6,15,18H,7-12H2,1-2H3,(H,19,21). The summed E-state index contributed by atoms with van der Waals surface area (Å²) in [7, 11) is 1.84. The third-order valence-corrected chi connectivity index (χ3v) is 4.05. The van der Waals surface area contributed by atoms with Crippen molar-refractivity contribution in [3.8, 4) is 0 Å². The first-order valence-electron chi connectivity index (χ1n) is 7.90. The van der Waals surface area contributed by atoms with E-state index in [9.17, 15) is 9.59 Å². The maximum atomic E-state index is 12.4. The third-order valence-electron chi connectivity index (χ3n) is 4.05. The lowest BCUT2D eigenvalue weighted by Gasteiger charge is -2.32. The van der Waals surface area contributed by atoms with Gasteiger partial charge in [-0.1, -0.05) is 17.7 Å². The number of rotatable bonds is 5. The highest BCUT2D eigenvalue weighted by atomic mass is 16.2. The fraction of sp³-hybridized carbons (Fsp3) is 0.529. The normalized spacial score (nSPS) is 15.6. The van der Waals surface area contributed by atoms with Gasteiger partial charge in [0.1, 0.15) is 0 Å². The lowest BCUT2D eigenvalue weighted by atomic mass is 10.0. The van der Waals surface area contributed by atoms with E-state index in [1.165, 1.54) is 0 Å². The van der Waals surface area contributed by atoms with E-state index in [1.807, 2.05) is 43.1 Å². The molecule has 120 valence electrons. The number of carbonyl (C=O) groups excluding carboxylic acids is 2. The average molecular weight is 303 g/mol.